The van der Waals surface area contributed by atoms with Crippen LogP contribution in [0.5, 0.6) is 0 Å². The zero-order valence-corrected chi connectivity index (χ0v) is 38.1. The fourth-order valence-corrected chi connectivity index (χ4v) is 7.35. The zero-order valence-electron chi connectivity index (χ0n) is 38.1. The summed E-state index contributed by atoms with van der Waals surface area (Å²) in [6.45, 7) is 3.59. The van der Waals surface area contributed by atoms with Gasteiger partial charge in [-0.2, -0.15) is 0 Å². The number of carbonyl (C=O) groups is 1. The van der Waals surface area contributed by atoms with Crippen molar-refractivity contribution in [3.8, 4) is 0 Å². The number of aliphatic hydroxyl groups is 7. The van der Waals surface area contributed by atoms with Crippen molar-refractivity contribution in [3.05, 3.63) is 36.5 Å². The van der Waals surface area contributed by atoms with Crippen molar-refractivity contribution in [3.63, 3.8) is 0 Å². The minimum atomic E-state index is -1.71. The molecule has 14 nitrogen and oxygen atoms in total. The first-order chi connectivity index (χ1) is 30.1. The Morgan fingerprint density at radius 3 is 1.61 bits per heavy atom. The van der Waals surface area contributed by atoms with Crippen LogP contribution in [0.1, 0.15) is 162 Å². The normalized spacial score (nSPS) is 27.5. The fraction of sp³-hybridized carbons (Fsp3) is 0.854. The smallest absolute Gasteiger partial charge is 0.306 e. The van der Waals surface area contributed by atoms with Gasteiger partial charge < -0.3 is 64.2 Å². The Hall–Kier alpha value is -1.79. The van der Waals surface area contributed by atoms with E-state index in [1.807, 2.05) is 0 Å². The number of esters is 1. The van der Waals surface area contributed by atoms with Crippen LogP contribution in [0.15, 0.2) is 36.5 Å². The highest BCUT2D eigenvalue weighted by Gasteiger charge is 2.47. The van der Waals surface area contributed by atoms with E-state index in [1.165, 1.54) is 64.2 Å². The Morgan fingerprint density at radius 1 is 0.532 bits per heavy atom. The predicted octanol–water partition coefficient (Wildman–Crippen LogP) is 6.24. The Labute approximate surface area is 372 Å². The Bertz CT molecular complexity index is 1170. The van der Waals surface area contributed by atoms with E-state index < -0.39 is 86.7 Å². The molecule has 0 aromatic carbocycles. The number of carbonyl (C=O) groups excluding carboxylic acids is 1. The van der Waals surface area contributed by atoms with E-state index in [2.05, 4.69) is 50.3 Å². The van der Waals surface area contributed by atoms with Crippen LogP contribution >= 0.6 is 0 Å². The average molecular weight is 887 g/mol. The quantitative estimate of drug-likeness (QED) is 0.0209. The largest absolute Gasteiger partial charge is 0.457 e. The molecule has 2 aliphatic heterocycles. The molecule has 11 unspecified atom stereocenters. The highest BCUT2D eigenvalue weighted by atomic mass is 16.7. The van der Waals surface area contributed by atoms with Gasteiger partial charge in [-0.25, -0.2) is 0 Å². The molecule has 0 spiro atoms. The molecule has 0 amide bonds. The third kappa shape index (κ3) is 24.5. The lowest BCUT2D eigenvalue weighted by molar-refractivity contribution is -0.332. The average Bonchev–Trinajstić information content (AvgIpc) is 3.27. The van der Waals surface area contributed by atoms with Crippen molar-refractivity contribution in [2.75, 3.05) is 33.0 Å². The molecule has 0 bridgehead atoms. The highest BCUT2D eigenvalue weighted by molar-refractivity contribution is 5.69. The lowest BCUT2D eigenvalue weighted by Crippen LogP contribution is -2.61. The van der Waals surface area contributed by atoms with Crippen molar-refractivity contribution in [1.82, 2.24) is 0 Å². The molecule has 0 aliphatic carbocycles. The van der Waals surface area contributed by atoms with Crippen LogP contribution in [-0.4, -0.2) is 142 Å². The molecule has 7 N–H and O–H groups in total. The van der Waals surface area contributed by atoms with Gasteiger partial charge in [0.05, 0.1) is 26.4 Å². The first-order valence-corrected chi connectivity index (χ1v) is 24.1. The molecule has 0 radical (unpaired) electrons. The molecule has 14 heteroatoms. The maximum Gasteiger partial charge on any atom is 0.306 e. The number of rotatable bonds is 37. The van der Waals surface area contributed by atoms with Crippen LogP contribution in [0.3, 0.4) is 0 Å². The first-order valence-electron chi connectivity index (χ1n) is 24.1. The van der Waals surface area contributed by atoms with Gasteiger partial charge in [-0.3, -0.25) is 4.79 Å². The van der Waals surface area contributed by atoms with Gasteiger partial charge in [0.25, 0.3) is 0 Å². The Morgan fingerprint density at radius 2 is 1.02 bits per heavy atom. The number of hydrogen-bond donors (Lipinski definition) is 7. The van der Waals surface area contributed by atoms with Crippen molar-refractivity contribution in [2.24, 2.45) is 0 Å². The van der Waals surface area contributed by atoms with E-state index >= 15 is 0 Å². The van der Waals surface area contributed by atoms with E-state index in [-0.39, 0.29) is 19.6 Å². The minimum Gasteiger partial charge on any atom is -0.457 e. The van der Waals surface area contributed by atoms with Crippen LogP contribution in [-0.2, 0) is 33.2 Å². The summed E-state index contributed by atoms with van der Waals surface area (Å²) < 4.78 is 34.2. The first kappa shape index (κ1) is 56.3. The van der Waals surface area contributed by atoms with Gasteiger partial charge in [-0.05, 0) is 64.2 Å². The number of allylic oxidation sites excluding steroid dienone is 6. The molecule has 362 valence electrons. The number of ether oxygens (including phenoxy) is 6. The van der Waals surface area contributed by atoms with Gasteiger partial charge in [0.2, 0.25) is 0 Å². The summed E-state index contributed by atoms with van der Waals surface area (Å²) in [5.74, 6) is -0.394. The summed E-state index contributed by atoms with van der Waals surface area (Å²) in [5, 5.41) is 72.0. The molecule has 0 aromatic heterocycles. The van der Waals surface area contributed by atoms with E-state index in [0.29, 0.717) is 13.0 Å². The molecule has 2 rings (SSSR count). The molecule has 2 saturated heterocycles. The van der Waals surface area contributed by atoms with Gasteiger partial charge in [0.15, 0.2) is 12.6 Å². The van der Waals surface area contributed by atoms with Gasteiger partial charge in [-0.15, -0.1) is 0 Å². The predicted molar refractivity (Wildman–Crippen MR) is 238 cm³/mol. The molecule has 62 heavy (non-hydrogen) atoms. The SMILES string of the molecule is CCCC/C=C\C/C=C\CCCCCCCC(=O)OC(COCCCCCCCC/C=C\CCCCCC)COC1OC(COC2OC(CO)C(O)C(O)C2O)C(O)C(O)C1O. The van der Waals surface area contributed by atoms with Crippen molar-refractivity contribution < 1.29 is 69.0 Å². The van der Waals surface area contributed by atoms with Crippen LogP contribution in [0.4, 0.5) is 0 Å². The molecule has 2 fully saturated rings. The van der Waals surface area contributed by atoms with Crippen molar-refractivity contribution in [1.29, 1.82) is 0 Å². The Balaban J connectivity index is 1.81. The van der Waals surface area contributed by atoms with Crippen LogP contribution in [0.2, 0.25) is 0 Å². The molecule has 0 saturated carbocycles. The van der Waals surface area contributed by atoms with Gasteiger partial charge in [0, 0.05) is 13.0 Å². The summed E-state index contributed by atoms with van der Waals surface area (Å²) in [6.07, 6.45) is 22.0. The number of hydrogen-bond acceptors (Lipinski definition) is 14. The molecule has 11 atom stereocenters. The molecule has 2 aliphatic rings. The molecule has 2 heterocycles. The number of aliphatic hydroxyl groups excluding tert-OH is 7. The summed E-state index contributed by atoms with van der Waals surface area (Å²) in [4.78, 5) is 13.0. The van der Waals surface area contributed by atoms with Crippen LogP contribution in [0.25, 0.3) is 0 Å². The highest BCUT2D eigenvalue weighted by Crippen LogP contribution is 2.26. The second kappa shape index (κ2) is 36.4. The summed E-state index contributed by atoms with van der Waals surface area (Å²) in [5.41, 5.74) is 0. The van der Waals surface area contributed by atoms with E-state index in [1.54, 1.807) is 0 Å². The fourth-order valence-electron chi connectivity index (χ4n) is 7.35. The summed E-state index contributed by atoms with van der Waals surface area (Å²) >= 11 is 0. The lowest BCUT2D eigenvalue weighted by atomic mass is 9.98. The Kier molecular flexibility index (Phi) is 33.1. The standard InChI is InChI=1S/C48H86O14/c1-3-5-7-9-11-13-15-17-19-21-23-25-27-29-31-40(50)60-37(34-57-32-30-28-26-24-22-20-18-16-14-12-10-8-6-4-2)35-58-47-46(56)44(54)42(52)39(62-47)36-59-48-45(55)43(53)41(51)38(33-49)61-48/h9,11,14-17,37-39,41-49,51-56H,3-8,10,12-13,18-36H2,1-2H3/b11-9-,16-14-,17-15-. The maximum absolute atomic E-state index is 13.0. The van der Waals surface area contributed by atoms with Gasteiger partial charge in [-0.1, -0.05) is 127 Å². The van der Waals surface area contributed by atoms with Gasteiger partial charge in [0.1, 0.15) is 54.9 Å². The molecular formula is C48H86O14. The van der Waals surface area contributed by atoms with Crippen LogP contribution in [0, 0.1) is 0 Å². The number of unbranched alkanes of at least 4 members (excludes halogenated alkanes) is 17. The third-order valence-electron chi connectivity index (χ3n) is 11.4. The zero-order chi connectivity index (χ0) is 45.2. The topological polar surface area (TPSA) is 214 Å². The summed E-state index contributed by atoms with van der Waals surface area (Å²) in [7, 11) is 0. The minimum absolute atomic E-state index is 0.0518. The third-order valence-corrected chi connectivity index (χ3v) is 11.4. The van der Waals surface area contributed by atoms with Gasteiger partial charge >= 0.3 is 5.97 Å². The van der Waals surface area contributed by atoms with E-state index in [4.69, 9.17) is 28.4 Å². The lowest BCUT2D eigenvalue weighted by Gasteiger charge is -2.42. The molecule has 0 aromatic rings. The summed E-state index contributed by atoms with van der Waals surface area (Å²) in [6, 6.07) is 0. The second-order valence-electron chi connectivity index (χ2n) is 16.9. The second-order valence-corrected chi connectivity index (χ2v) is 16.9. The van der Waals surface area contributed by atoms with E-state index in [0.717, 1.165) is 70.6 Å². The monoisotopic (exact) mass is 887 g/mol. The van der Waals surface area contributed by atoms with Crippen molar-refractivity contribution >= 4 is 5.97 Å². The van der Waals surface area contributed by atoms with E-state index in [9.17, 15) is 40.5 Å². The van der Waals surface area contributed by atoms with Crippen molar-refractivity contribution in [2.45, 2.75) is 229 Å². The molecular weight excluding hydrogens is 801 g/mol. The van der Waals surface area contributed by atoms with Crippen LogP contribution < -0.4 is 0 Å². The maximum atomic E-state index is 13.0.